The molecule has 0 radical (unpaired) electrons. The van der Waals surface area contributed by atoms with Crippen molar-refractivity contribution in [3.8, 4) is 0 Å². The van der Waals surface area contributed by atoms with Crippen molar-refractivity contribution in [2.24, 2.45) is 5.92 Å². The van der Waals surface area contributed by atoms with Crippen molar-refractivity contribution in [3.05, 3.63) is 35.9 Å². The fraction of sp³-hybridized carbons (Fsp3) is 0.538. The number of hydrogen-bond donors (Lipinski definition) is 0. The van der Waals surface area contributed by atoms with Crippen molar-refractivity contribution in [3.63, 3.8) is 0 Å². The van der Waals surface area contributed by atoms with Gasteiger partial charge in [0.1, 0.15) is 0 Å². The molecule has 1 aliphatic rings. The van der Waals surface area contributed by atoms with Crippen molar-refractivity contribution in [2.45, 2.75) is 36.9 Å². The van der Waals surface area contributed by atoms with Crippen LogP contribution >= 0.6 is 15.9 Å². The first kappa shape index (κ1) is 10.2. The van der Waals surface area contributed by atoms with E-state index in [-0.39, 0.29) is 0 Å². The Kier molecular flexibility index (Phi) is 3.27. The lowest BCUT2D eigenvalue weighted by atomic mass is 9.90. The molecule has 0 amide bonds. The summed E-state index contributed by atoms with van der Waals surface area (Å²) >= 11 is 3.82. The highest BCUT2D eigenvalue weighted by molar-refractivity contribution is 9.09. The highest BCUT2D eigenvalue weighted by Gasteiger charge is 2.35. The van der Waals surface area contributed by atoms with E-state index in [4.69, 9.17) is 0 Å². The molecule has 1 aromatic rings. The van der Waals surface area contributed by atoms with Crippen molar-refractivity contribution < 1.29 is 0 Å². The Balaban J connectivity index is 2.18. The molecule has 2 atom stereocenters. The molecule has 0 saturated heterocycles. The van der Waals surface area contributed by atoms with Gasteiger partial charge in [0.2, 0.25) is 0 Å². The summed E-state index contributed by atoms with van der Waals surface area (Å²) in [6, 6.07) is 10.9. The second-order valence-corrected chi connectivity index (χ2v) is 5.37. The summed E-state index contributed by atoms with van der Waals surface area (Å²) in [6.45, 7) is 2.26. The van der Waals surface area contributed by atoms with E-state index in [0.717, 1.165) is 11.8 Å². The molecular weight excluding hydrogens is 236 g/mol. The van der Waals surface area contributed by atoms with Gasteiger partial charge in [-0.1, -0.05) is 53.2 Å². The topological polar surface area (TPSA) is 0 Å². The third-order valence-electron chi connectivity index (χ3n) is 3.09. The van der Waals surface area contributed by atoms with Gasteiger partial charge in [-0.2, -0.15) is 0 Å². The first-order valence-corrected chi connectivity index (χ1v) is 6.43. The molecule has 0 nitrogen and oxygen atoms in total. The van der Waals surface area contributed by atoms with Gasteiger partial charge >= 0.3 is 0 Å². The molecule has 0 aliphatic heterocycles. The quantitative estimate of drug-likeness (QED) is 0.699. The van der Waals surface area contributed by atoms with Crippen LogP contribution in [0.4, 0.5) is 0 Å². The van der Waals surface area contributed by atoms with Crippen LogP contribution in [0.25, 0.3) is 0 Å². The van der Waals surface area contributed by atoms with Crippen LogP contribution in [0.5, 0.6) is 0 Å². The lowest BCUT2D eigenvalue weighted by Gasteiger charge is -2.21. The maximum absolute atomic E-state index is 3.82. The van der Waals surface area contributed by atoms with E-state index in [2.05, 4.69) is 53.2 Å². The average Bonchev–Trinajstić information content (AvgIpc) is 3.04. The smallest absolute Gasteiger partial charge is 0.0214 e. The zero-order valence-electron chi connectivity index (χ0n) is 8.62. The van der Waals surface area contributed by atoms with Crippen LogP contribution in [-0.2, 0) is 0 Å². The van der Waals surface area contributed by atoms with E-state index < -0.39 is 0 Å². The molecule has 0 heterocycles. The molecule has 0 aromatic heterocycles. The van der Waals surface area contributed by atoms with Crippen LogP contribution in [0, 0.1) is 5.92 Å². The van der Waals surface area contributed by atoms with Crippen LogP contribution < -0.4 is 0 Å². The Morgan fingerprint density at radius 2 is 1.93 bits per heavy atom. The molecule has 0 spiro atoms. The standard InChI is InChI=1S/C13H17Br/c1-2-12(14)13(11-8-9-11)10-6-4-3-5-7-10/h3-7,11-13H,2,8-9H2,1H3. The number of hydrogen-bond acceptors (Lipinski definition) is 0. The molecule has 0 bridgehead atoms. The maximum Gasteiger partial charge on any atom is 0.0214 e. The maximum atomic E-state index is 3.82. The lowest BCUT2D eigenvalue weighted by molar-refractivity contribution is 0.571. The fourth-order valence-electron chi connectivity index (χ4n) is 2.16. The highest BCUT2D eigenvalue weighted by Crippen LogP contribution is 2.47. The van der Waals surface area contributed by atoms with Crippen LogP contribution in [0.2, 0.25) is 0 Å². The van der Waals surface area contributed by atoms with Crippen LogP contribution in [0.3, 0.4) is 0 Å². The number of alkyl halides is 1. The second kappa shape index (κ2) is 4.48. The normalized spacial score (nSPS) is 20.4. The van der Waals surface area contributed by atoms with E-state index in [1.165, 1.54) is 24.8 Å². The summed E-state index contributed by atoms with van der Waals surface area (Å²) in [7, 11) is 0. The summed E-state index contributed by atoms with van der Waals surface area (Å²) in [5, 5.41) is 0. The number of benzene rings is 1. The minimum atomic E-state index is 0.650. The monoisotopic (exact) mass is 252 g/mol. The highest BCUT2D eigenvalue weighted by atomic mass is 79.9. The van der Waals surface area contributed by atoms with Gasteiger partial charge in [-0.15, -0.1) is 0 Å². The van der Waals surface area contributed by atoms with Gasteiger partial charge < -0.3 is 0 Å². The third kappa shape index (κ3) is 2.20. The predicted molar refractivity (Wildman–Crippen MR) is 64.9 cm³/mol. The van der Waals surface area contributed by atoms with Gasteiger partial charge in [0, 0.05) is 4.83 Å². The molecule has 2 rings (SSSR count). The van der Waals surface area contributed by atoms with Gasteiger partial charge in [-0.25, -0.2) is 0 Å². The molecular formula is C13H17Br. The number of rotatable bonds is 4. The predicted octanol–water partition coefficient (Wildman–Crippen LogP) is 4.35. The van der Waals surface area contributed by atoms with E-state index in [0.29, 0.717) is 4.83 Å². The van der Waals surface area contributed by atoms with Gasteiger partial charge in [-0.05, 0) is 36.7 Å². The van der Waals surface area contributed by atoms with Gasteiger partial charge in [0.15, 0.2) is 0 Å². The van der Waals surface area contributed by atoms with Gasteiger partial charge in [0.25, 0.3) is 0 Å². The molecule has 0 N–H and O–H groups in total. The minimum Gasteiger partial charge on any atom is -0.0884 e. The molecule has 14 heavy (non-hydrogen) atoms. The molecule has 1 aromatic carbocycles. The van der Waals surface area contributed by atoms with Crippen LogP contribution in [-0.4, -0.2) is 4.83 Å². The Morgan fingerprint density at radius 1 is 1.29 bits per heavy atom. The van der Waals surface area contributed by atoms with Crippen LogP contribution in [0.1, 0.15) is 37.7 Å². The SMILES string of the molecule is CCC(Br)C(c1ccccc1)C1CC1. The molecule has 76 valence electrons. The van der Waals surface area contributed by atoms with Crippen molar-refractivity contribution in [1.29, 1.82) is 0 Å². The van der Waals surface area contributed by atoms with Gasteiger partial charge in [0.05, 0.1) is 0 Å². The number of halogens is 1. The second-order valence-electron chi connectivity index (χ2n) is 4.20. The zero-order chi connectivity index (χ0) is 9.97. The van der Waals surface area contributed by atoms with E-state index in [9.17, 15) is 0 Å². The van der Waals surface area contributed by atoms with Crippen molar-refractivity contribution in [2.75, 3.05) is 0 Å². The summed E-state index contributed by atoms with van der Waals surface area (Å²) in [4.78, 5) is 0.650. The summed E-state index contributed by atoms with van der Waals surface area (Å²) < 4.78 is 0. The Hall–Kier alpha value is -0.300. The lowest BCUT2D eigenvalue weighted by Crippen LogP contribution is -2.13. The molecule has 1 saturated carbocycles. The van der Waals surface area contributed by atoms with E-state index in [1.807, 2.05) is 0 Å². The molecule has 1 heteroatoms. The molecule has 1 aliphatic carbocycles. The van der Waals surface area contributed by atoms with E-state index in [1.54, 1.807) is 0 Å². The Labute approximate surface area is 94.8 Å². The van der Waals surface area contributed by atoms with E-state index >= 15 is 0 Å². The van der Waals surface area contributed by atoms with Crippen LogP contribution in [0.15, 0.2) is 30.3 Å². The molecule has 2 unspecified atom stereocenters. The van der Waals surface area contributed by atoms with Gasteiger partial charge in [-0.3, -0.25) is 0 Å². The van der Waals surface area contributed by atoms with Crippen molar-refractivity contribution in [1.82, 2.24) is 0 Å². The Bertz CT molecular complexity index is 277. The zero-order valence-corrected chi connectivity index (χ0v) is 10.2. The molecule has 1 fully saturated rings. The summed E-state index contributed by atoms with van der Waals surface area (Å²) in [6.07, 6.45) is 4.05. The first-order valence-electron chi connectivity index (χ1n) is 5.52. The average molecular weight is 253 g/mol. The summed E-state index contributed by atoms with van der Waals surface area (Å²) in [5.41, 5.74) is 1.51. The Morgan fingerprint density at radius 3 is 2.43 bits per heavy atom. The fourth-order valence-corrected chi connectivity index (χ4v) is 2.90. The summed E-state index contributed by atoms with van der Waals surface area (Å²) in [5.74, 6) is 1.67. The first-order chi connectivity index (χ1) is 6.83. The minimum absolute atomic E-state index is 0.650. The largest absolute Gasteiger partial charge is 0.0884 e. The third-order valence-corrected chi connectivity index (χ3v) is 4.31. The van der Waals surface area contributed by atoms with Crippen molar-refractivity contribution >= 4 is 15.9 Å².